The Morgan fingerprint density at radius 3 is 2.66 bits per heavy atom. The molecule has 150 valence electrons. The lowest BCUT2D eigenvalue weighted by atomic mass is 10.0. The number of aromatic nitrogens is 1. The molecule has 1 aliphatic heterocycles. The van der Waals surface area contributed by atoms with Crippen molar-refractivity contribution in [1.29, 1.82) is 0 Å². The van der Waals surface area contributed by atoms with Crippen molar-refractivity contribution in [2.75, 3.05) is 15.9 Å². The van der Waals surface area contributed by atoms with Crippen LogP contribution in [0.2, 0.25) is 0 Å². The molecule has 6 nitrogen and oxygen atoms in total. The lowest BCUT2D eigenvalue weighted by Gasteiger charge is -2.27. The minimum atomic E-state index is -3.34. The molecule has 1 aromatic carbocycles. The zero-order valence-corrected chi connectivity index (χ0v) is 18.3. The molecule has 1 saturated heterocycles. The Morgan fingerprint density at radius 1 is 1.21 bits per heavy atom. The standard InChI is InChI=1S/C20H20N4O2S3/c1-13-12-14(8-9-15(13)23-29(2,25)26)24-19(17-7-5-11-28-17)18(22-20(24)27)16-6-3-4-10-21-16/h3-12,18-19,23H,1-2H3,(H,22,27). The van der Waals surface area contributed by atoms with E-state index in [0.29, 0.717) is 10.8 Å². The summed E-state index contributed by atoms with van der Waals surface area (Å²) >= 11 is 7.37. The third-order valence-corrected chi connectivity index (χ3v) is 6.56. The van der Waals surface area contributed by atoms with Crippen LogP contribution in [0.4, 0.5) is 11.4 Å². The van der Waals surface area contributed by atoms with Crippen molar-refractivity contribution >= 4 is 50.1 Å². The van der Waals surface area contributed by atoms with Gasteiger partial charge in [-0.25, -0.2) is 8.42 Å². The van der Waals surface area contributed by atoms with Gasteiger partial charge in [0.1, 0.15) is 0 Å². The highest BCUT2D eigenvalue weighted by atomic mass is 32.2. The molecule has 1 fully saturated rings. The van der Waals surface area contributed by atoms with Crippen LogP contribution in [0.3, 0.4) is 0 Å². The summed E-state index contributed by atoms with van der Waals surface area (Å²) in [5, 5.41) is 6.08. The lowest BCUT2D eigenvalue weighted by Crippen LogP contribution is -2.29. The van der Waals surface area contributed by atoms with Crippen molar-refractivity contribution in [1.82, 2.24) is 10.3 Å². The van der Waals surface area contributed by atoms with Crippen LogP contribution in [0.5, 0.6) is 0 Å². The summed E-state index contributed by atoms with van der Waals surface area (Å²) in [6.07, 6.45) is 2.92. The monoisotopic (exact) mass is 444 g/mol. The van der Waals surface area contributed by atoms with Crippen molar-refractivity contribution in [2.24, 2.45) is 0 Å². The minimum Gasteiger partial charge on any atom is -0.351 e. The average Bonchev–Trinajstić information content (AvgIpc) is 3.30. The van der Waals surface area contributed by atoms with E-state index in [-0.39, 0.29) is 12.1 Å². The van der Waals surface area contributed by atoms with Crippen molar-refractivity contribution in [2.45, 2.75) is 19.0 Å². The van der Waals surface area contributed by atoms with E-state index in [0.717, 1.165) is 23.2 Å². The second kappa shape index (κ2) is 7.74. The number of sulfonamides is 1. The molecule has 0 spiro atoms. The number of benzene rings is 1. The maximum atomic E-state index is 11.6. The number of aryl methyl sites for hydroxylation is 1. The number of hydrogen-bond donors (Lipinski definition) is 2. The van der Waals surface area contributed by atoms with Crippen molar-refractivity contribution in [3.05, 3.63) is 76.2 Å². The van der Waals surface area contributed by atoms with Crippen molar-refractivity contribution < 1.29 is 8.42 Å². The van der Waals surface area contributed by atoms with Gasteiger partial charge in [-0.1, -0.05) is 12.1 Å². The summed E-state index contributed by atoms with van der Waals surface area (Å²) in [5.74, 6) is 0. The first kappa shape index (κ1) is 19.8. The zero-order chi connectivity index (χ0) is 20.6. The van der Waals surface area contributed by atoms with E-state index >= 15 is 0 Å². The summed E-state index contributed by atoms with van der Waals surface area (Å²) in [7, 11) is -3.34. The van der Waals surface area contributed by atoms with Crippen LogP contribution < -0.4 is 14.9 Å². The normalized spacial score (nSPS) is 19.2. The van der Waals surface area contributed by atoms with E-state index < -0.39 is 10.0 Å². The van der Waals surface area contributed by atoms with Gasteiger partial charge in [-0.2, -0.15) is 0 Å². The van der Waals surface area contributed by atoms with Gasteiger partial charge in [0.05, 0.1) is 29.7 Å². The summed E-state index contributed by atoms with van der Waals surface area (Å²) in [5.41, 5.74) is 3.20. The SMILES string of the molecule is Cc1cc(N2C(=S)NC(c3ccccn3)C2c2cccs2)ccc1NS(C)(=O)=O. The molecule has 2 unspecified atom stereocenters. The molecular formula is C20H20N4O2S3. The lowest BCUT2D eigenvalue weighted by molar-refractivity contribution is 0.575. The fourth-order valence-electron chi connectivity index (χ4n) is 3.49. The second-order valence-electron chi connectivity index (χ2n) is 6.89. The summed E-state index contributed by atoms with van der Waals surface area (Å²) in [6.45, 7) is 1.87. The van der Waals surface area contributed by atoms with Crippen LogP contribution in [-0.2, 0) is 10.0 Å². The Kier molecular flexibility index (Phi) is 5.28. The Labute approximate surface area is 179 Å². The molecule has 3 heterocycles. The molecule has 2 aromatic heterocycles. The van der Waals surface area contributed by atoms with Crippen molar-refractivity contribution in [3.63, 3.8) is 0 Å². The number of nitrogens with zero attached hydrogens (tertiary/aromatic N) is 2. The molecule has 0 amide bonds. The molecule has 4 rings (SSSR count). The average molecular weight is 445 g/mol. The molecule has 1 aliphatic rings. The smallest absolute Gasteiger partial charge is 0.229 e. The van der Waals surface area contributed by atoms with Crippen LogP contribution in [0.25, 0.3) is 0 Å². The number of anilines is 2. The Bertz CT molecular complexity index is 1130. The second-order valence-corrected chi connectivity index (χ2v) is 10.00. The van der Waals surface area contributed by atoms with Crippen LogP contribution in [0.1, 0.15) is 28.2 Å². The molecule has 2 N–H and O–H groups in total. The van der Waals surface area contributed by atoms with Crippen molar-refractivity contribution in [3.8, 4) is 0 Å². The third-order valence-electron chi connectivity index (χ3n) is 4.72. The maximum Gasteiger partial charge on any atom is 0.229 e. The third kappa shape index (κ3) is 4.12. The molecule has 2 atom stereocenters. The first-order valence-electron chi connectivity index (χ1n) is 8.96. The van der Waals surface area contributed by atoms with Gasteiger partial charge >= 0.3 is 0 Å². The van der Waals surface area contributed by atoms with Gasteiger partial charge in [-0.3, -0.25) is 9.71 Å². The van der Waals surface area contributed by atoms with E-state index in [2.05, 4.69) is 31.4 Å². The van der Waals surface area contributed by atoms with Gasteiger partial charge in [-0.05, 0) is 66.5 Å². The van der Waals surface area contributed by atoms with Gasteiger partial charge in [0.25, 0.3) is 0 Å². The van der Waals surface area contributed by atoms with E-state index in [9.17, 15) is 8.42 Å². The van der Waals surface area contributed by atoms with Gasteiger partial charge in [0.2, 0.25) is 10.0 Å². The highest BCUT2D eigenvalue weighted by Crippen LogP contribution is 2.43. The largest absolute Gasteiger partial charge is 0.351 e. The van der Waals surface area contributed by atoms with Gasteiger partial charge < -0.3 is 10.2 Å². The van der Waals surface area contributed by atoms with E-state index in [1.54, 1.807) is 23.6 Å². The Balaban J connectivity index is 1.76. The molecule has 29 heavy (non-hydrogen) atoms. The summed E-state index contributed by atoms with van der Waals surface area (Å²) < 4.78 is 25.7. The zero-order valence-electron chi connectivity index (χ0n) is 15.9. The van der Waals surface area contributed by atoms with E-state index in [4.69, 9.17) is 12.2 Å². The summed E-state index contributed by atoms with van der Waals surface area (Å²) in [6, 6.07) is 15.5. The first-order chi connectivity index (χ1) is 13.8. The quantitative estimate of drug-likeness (QED) is 0.580. The fraction of sp³-hybridized carbons (Fsp3) is 0.200. The van der Waals surface area contributed by atoms with Gasteiger partial charge in [0.15, 0.2) is 5.11 Å². The predicted octanol–water partition coefficient (Wildman–Crippen LogP) is 4.00. The first-order valence-corrected chi connectivity index (χ1v) is 12.1. The van der Waals surface area contributed by atoms with Crippen LogP contribution in [0, 0.1) is 6.92 Å². The maximum absolute atomic E-state index is 11.6. The number of rotatable bonds is 5. The Morgan fingerprint density at radius 2 is 2.03 bits per heavy atom. The number of thiocarbonyl (C=S) groups is 1. The van der Waals surface area contributed by atoms with Crippen LogP contribution >= 0.6 is 23.6 Å². The minimum absolute atomic E-state index is 0.0504. The summed E-state index contributed by atoms with van der Waals surface area (Å²) in [4.78, 5) is 7.79. The molecule has 9 heteroatoms. The highest BCUT2D eigenvalue weighted by Gasteiger charge is 2.41. The van der Waals surface area contributed by atoms with Crippen LogP contribution in [0.15, 0.2) is 60.1 Å². The molecule has 3 aromatic rings. The Hall–Kier alpha value is -2.49. The fourth-order valence-corrected chi connectivity index (χ4v) is 5.32. The predicted molar refractivity (Wildman–Crippen MR) is 122 cm³/mol. The topological polar surface area (TPSA) is 74.3 Å². The number of thiophene rings is 1. The molecule has 0 saturated carbocycles. The highest BCUT2D eigenvalue weighted by molar-refractivity contribution is 7.92. The van der Waals surface area contributed by atoms with E-state index in [1.807, 2.05) is 43.3 Å². The molecule has 0 bridgehead atoms. The molecule has 0 radical (unpaired) electrons. The number of nitrogens with one attached hydrogen (secondary N) is 2. The van der Waals surface area contributed by atoms with Gasteiger partial charge in [0, 0.05) is 16.8 Å². The van der Waals surface area contributed by atoms with Crippen LogP contribution in [-0.4, -0.2) is 24.8 Å². The van der Waals surface area contributed by atoms with E-state index in [1.165, 1.54) is 4.88 Å². The molecular weight excluding hydrogens is 424 g/mol. The molecule has 0 aliphatic carbocycles. The van der Waals surface area contributed by atoms with Gasteiger partial charge in [-0.15, -0.1) is 11.3 Å². The number of pyridine rings is 1. The number of hydrogen-bond acceptors (Lipinski definition) is 5.